The van der Waals surface area contributed by atoms with E-state index in [1.807, 2.05) is 24.3 Å². The first kappa shape index (κ1) is 17.7. The summed E-state index contributed by atoms with van der Waals surface area (Å²) in [5.41, 5.74) is 2.03. The van der Waals surface area contributed by atoms with Gasteiger partial charge in [0.15, 0.2) is 5.76 Å². The zero-order chi connectivity index (χ0) is 18.8. The second-order valence-electron chi connectivity index (χ2n) is 6.40. The predicted molar refractivity (Wildman–Crippen MR) is 97.6 cm³/mol. The van der Waals surface area contributed by atoms with E-state index in [1.165, 1.54) is 0 Å². The molecule has 1 aliphatic rings. The molecule has 0 spiro atoms. The van der Waals surface area contributed by atoms with Gasteiger partial charge in [0, 0.05) is 6.07 Å². The van der Waals surface area contributed by atoms with Gasteiger partial charge in [-0.15, -0.1) is 0 Å². The van der Waals surface area contributed by atoms with Crippen LogP contribution in [0.5, 0.6) is 17.2 Å². The van der Waals surface area contributed by atoms with Gasteiger partial charge < -0.3 is 14.2 Å². The van der Waals surface area contributed by atoms with Crippen LogP contribution in [-0.4, -0.2) is 18.9 Å². The smallest absolute Gasteiger partial charge is 0.313 e. The molecular formula is C21H20O5. The van der Waals surface area contributed by atoms with Gasteiger partial charge >= 0.3 is 5.97 Å². The molecule has 5 nitrogen and oxygen atoms in total. The van der Waals surface area contributed by atoms with E-state index in [0.29, 0.717) is 22.6 Å². The molecular weight excluding hydrogens is 332 g/mol. The van der Waals surface area contributed by atoms with Crippen molar-refractivity contribution < 1.29 is 23.8 Å². The second kappa shape index (κ2) is 7.04. The molecule has 0 amide bonds. The third-order valence-electron chi connectivity index (χ3n) is 4.05. The summed E-state index contributed by atoms with van der Waals surface area (Å²) in [6.45, 7) is 5.32. The average molecular weight is 352 g/mol. The fourth-order valence-electron chi connectivity index (χ4n) is 2.62. The van der Waals surface area contributed by atoms with E-state index in [2.05, 4.69) is 0 Å². The summed E-state index contributed by atoms with van der Waals surface area (Å²) in [4.78, 5) is 24.5. The van der Waals surface area contributed by atoms with Crippen molar-refractivity contribution in [3.05, 3.63) is 58.8 Å². The number of carbonyl (C=O) groups excluding carboxylic acids is 2. The Morgan fingerprint density at radius 2 is 1.81 bits per heavy atom. The van der Waals surface area contributed by atoms with Gasteiger partial charge in [0.05, 0.1) is 18.6 Å². The number of hydrogen-bond acceptors (Lipinski definition) is 5. The molecule has 0 unspecified atom stereocenters. The lowest BCUT2D eigenvalue weighted by Gasteiger charge is -2.09. The van der Waals surface area contributed by atoms with Crippen LogP contribution in [0.25, 0.3) is 6.08 Å². The highest BCUT2D eigenvalue weighted by Crippen LogP contribution is 2.37. The molecule has 0 fully saturated rings. The Morgan fingerprint density at radius 3 is 2.42 bits per heavy atom. The number of carbonyl (C=O) groups is 2. The highest BCUT2D eigenvalue weighted by molar-refractivity contribution is 6.15. The maximum absolute atomic E-state index is 12.7. The van der Waals surface area contributed by atoms with Gasteiger partial charge in [-0.3, -0.25) is 9.59 Å². The molecule has 0 radical (unpaired) electrons. The normalized spacial score (nSPS) is 14.3. The van der Waals surface area contributed by atoms with Crippen molar-refractivity contribution in [1.29, 1.82) is 0 Å². The lowest BCUT2D eigenvalue weighted by atomic mass is 10.0. The summed E-state index contributed by atoms with van der Waals surface area (Å²) in [5, 5.41) is 0. The Labute approximate surface area is 152 Å². The fraction of sp³-hybridized carbons (Fsp3) is 0.238. The van der Waals surface area contributed by atoms with Gasteiger partial charge in [0.2, 0.25) is 5.78 Å². The van der Waals surface area contributed by atoms with Crippen molar-refractivity contribution in [1.82, 2.24) is 0 Å². The largest absolute Gasteiger partial charge is 0.497 e. The van der Waals surface area contributed by atoms with Crippen LogP contribution in [-0.2, 0) is 4.79 Å². The summed E-state index contributed by atoms with van der Waals surface area (Å²) >= 11 is 0. The first-order valence-corrected chi connectivity index (χ1v) is 8.33. The molecule has 0 N–H and O–H groups in total. The lowest BCUT2D eigenvalue weighted by Crippen LogP contribution is -2.14. The van der Waals surface area contributed by atoms with Crippen molar-refractivity contribution in [3.63, 3.8) is 0 Å². The van der Waals surface area contributed by atoms with Crippen LogP contribution in [0.2, 0.25) is 0 Å². The monoisotopic (exact) mass is 352 g/mol. The minimum Gasteiger partial charge on any atom is -0.497 e. The topological polar surface area (TPSA) is 61.8 Å². The van der Waals surface area contributed by atoms with Crippen molar-refractivity contribution >= 4 is 17.8 Å². The molecule has 1 heterocycles. The van der Waals surface area contributed by atoms with Crippen molar-refractivity contribution in [2.75, 3.05) is 7.11 Å². The molecule has 0 aliphatic carbocycles. The highest BCUT2D eigenvalue weighted by Gasteiger charge is 2.30. The number of esters is 1. The maximum atomic E-state index is 12.7. The molecule has 0 saturated heterocycles. The van der Waals surface area contributed by atoms with E-state index in [1.54, 1.807) is 46.1 Å². The third-order valence-corrected chi connectivity index (χ3v) is 4.05. The van der Waals surface area contributed by atoms with E-state index < -0.39 is 0 Å². The predicted octanol–water partition coefficient (Wildman–Crippen LogP) is 4.18. The van der Waals surface area contributed by atoms with Crippen LogP contribution in [0, 0.1) is 12.8 Å². The molecule has 1 aliphatic heterocycles. The summed E-state index contributed by atoms with van der Waals surface area (Å²) in [6.07, 6.45) is 1.68. The first-order valence-electron chi connectivity index (χ1n) is 8.33. The van der Waals surface area contributed by atoms with Crippen molar-refractivity contribution in [2.24, 2.45) is 5.92 Å². The zero-order valence-electron chi connectivity index (χ0n) is 15.2. The number of hydrogen-bond donors (Lipinski definition) is 0. The third kappa shape index (κ3) is 3.47. The molecule has 26 heavy (non-hydrogen) atoms. The number of fused-ring (bicyclic) bond motifs is 1. The van der Waals surface area contributed by atoms with E-state index >= 15 is 0 Å². The maximum Gasteiger partial charge on any atom is 0.313 e. The van der Waals surface area contributed by atoms with Crippen LogP contribution in [0.4, 0.5) is 0 Å². The molecule has 3 rings (SSSR count). The quantitative estimate of drug-likeness (QED) is 0.469. The summed E-state index contributed by atoms with van der Waals surface area (Å²) < 4.78 is 16.2. The van der Waals surface area contributed by atoms with Crippen molar-refractivity contribution in [3.8, 4) is 17.2 Å². The second-order valence-corrected chi connectivity index (χ2v) is 6.40. The van der Waals surface area contributed by atoms with Gasteiger partial charge in [0.25, 0.3) is 0 Å². The zero-order valence-corrected chi connectivity index (χ0v) is 15.2. The van der Waals surface area contributed by atoms with Crippen LogP contribution >= 0.6 is 0 Å². The molecule has 2 aromatic rings. The lowest BCUT2D eigenvalue weighted by molar-refractivity contribution is -0.137. The Balaban J connectivity index is 1.89. The van der Waals surface area contributed by atoms with E-state index in [-0.39, 0.29) is 23.4 Å². The number of rotatable bonds is 4. The molecule has 5 heteroatoms. The molecule has 0 saturated carbocycles. The Bertz CT molecular complexity index is 891. The van der Waals surface area contributed by atoms with E-state index in [9.17, 15) is 9.59 Å². The van der Waals surface area contributed by atoms with Crippen LogP contribution in [0.15, 0.2) is 42.2 Å². The molecule has 0 atom stereocenters. The fourth-order valence-corrected chi connectivity index (χ4v) is 2.62. The average Bonchev–Trinajstić information content (AvgIpc) is 2.91. The SMILES string of the molecule is COc1ccc(/C=C2\Oc3cc(OC(=O)C(C)C)cc(C)c3C2=O)cc1. The number of aryl methyl sites for hydroxylation is 1. The van der Waals surface area contributed by atoms with E-state index in [4.69, 9.17) is 14.2 Å². The number of allylic oxidation sites excluding steroid dienone is 1. The number of methoxy groups -OCH3 is 1. The number of ketones is 1. The molecule has 134 valence electrons. The van der Waals surface area contributed by atoms with Crippen LogP contribution in [0.1, 0.15) is 35.3 Å². The summed E-state index contributed by atoms with van der Waals surface area (Å²) in [6, 6.07) is 10.6. The van der Waals surface area contributed by atoms with Gasteiger partial charge in [0.1, 0.15) is 17.2 Å². The van der Waals surface area contributed by atoms with Gasteiger partial charge in [-0.1, -0.05) is 26.0 Å². The number of ether oxygens (including phenoxy) is 3. The molecule has 0 bridgehead atoms. The summed E-state index contributed by atoms with van der Waals surface area (Å²) in [5.74, 6) is 0.997. The number of Topliss-reactive ketones (excluding diaryl/α,β-unsaturated/α-hetero) is 1. The minimum atomic E-state index is -0.331. The first-order chi connectivity index (χ1) is 12.4. The minimum absolute atomic E-state index is 0.185. The standard InChI is InChI=1S/C21H20O5/c1-12(2)21(23)25-16-9-13(3)19-17(11-16)26-18(20(19)22)10-14-5-7-15(24-4)8-6-14/h5-12H,1-4H3/b18-10-. The van der Waals surface area contributed by atoms with E-state index in [0.717, 1.165) is 11.3 Å². The van der Waals surface area contributed by atoms with Crippen LogP contribution < -0.4 is 14.2 Å². The Hall–Kier alpha value is -3.08. The van der Waals surface area contributed by atoms with Gasteiger partial charge in [-0.05, 0) is 42.3 Å². The van der Waals surface area contributed by atoms with Gasteiger partial charge in [-0.2, -0.15) is 0 Å². The summed E-state index contributed by atoms with van der Waals surface area (Å²) in [7, 11) is 1.60. The Kier molecular flexibility index (Phi) is 4.80. The molecule has 2 aromatic carbocycles. The van der Waals surface area contributed by atoms with Gasteiger partial charge in [-0.25, -0.2) is 0 Å². The number of benzene rings is 2. The van der Waals surface area contributed by atoms with Crippen LogP contribution in [0.3, 0.4) is 0 Å². The van der Waals surface area contributed by atoms with Crippen molar-refractivity contribution in [2.45, 2.75) is 20.8 Å². The highest BCUT2D eigenvalue weighted by atomic mass is 16.5. The molecule has 0 aromatic heterocycles. The Morgan fingerprint density at radius 1 is 1.12 bits per heavy atom.